The van der Waals surface area contributed by atoms with Gasteiger partial charge in [0.1, 0.15) is 30.3 Å². The summed E-state index contributed by atoms with van der Waals surface area (Å²) in [6.45, 7) is 6.81. The van der Waals surface area contributed by atoms with Crippen molar-refractivity contribution in [3.05, 3.63) is 30.1 Å². The SMILES string of the molecule is CC(C)[C@H](NC(=O)C(F)(F)F)C(=O)N1C[C@H]2[C@@H]([C@H]1C(=O)N[C@@H](C[C@@H]1CCNC1=O)C(=O)COc1ccc(F)cc1)C2(C)C. The third-order valence-electron chi connectivity index (χ3n) is 8.82. The Morgan fingerprint density at radius 2 is 1.77 bits per heavy atom. The largest absolute Gasteiger partial charge is 0.486 e. The van der Waals surface area contributed by atoms with Gasteiger partial charge < -0.3 is 25.6 Å². The number of carbonyl (C=O) groups excluding carboxylic acids is 5. The predicted molar refractivity (Wildman–Crippen MR) is 144 cm³/mol. The van der Waals surface area contributed by atoms with Crippen LogP contribution in [-0.2, 0) is 24.0 Å². The lowest BCUT2D eigenvalue weighted by Crippen LogP contribution is -2.59. The molecule has 2 aliphatic heterocycles. The quantitative estimate of drug-likeness (QED) is 0.328. The minimum atomic E-state index is -5.20. The Kier molecular flexibility index (Phi) is 9.08. The summed E-state index contributed by atoms with van der Waals surface area (Å²) >= 11 is 0. The highest BCUT2D eigenvalue weighted by Crippen LogP contribution is 2.65. The summed E-state index contributed by atoms with van der Waals surface area (Å²) in [5.41, 5.74) is -0.349. The summed E-state index contributed by atoms with van der Waals surface area (Å²) in [5.74, 6) is -6.60. The molecule has 3 aliphatic rings. The van der Waals surface area contributed by atoms with Crippen LogP contribution in [0.5, 0.6) is 5.75 Å². The number of piperidine rings is 1. The standard InChI is InChI=1S/C29H36F4N4O6/c1-14(2)22(36-27(42)29(31,32)33)26(41)37-12-18-21(28(18,3)4)23(37)25(40)35-19(11-15-9-10-34-24(15)39)20(38)13-43-17-7-5-16(30)6-8-17/h5-8,14-15,18-19,21-23H,9-13H2,1-4H3,(H,34,39)(H,35,40)(H,36,42)/t15-,18-,19-,21-,22-,23-/m0/s1. The number of halogens is 4. The lowest BCUT2D eigenvalue weighted by Gasteiger charge is -2.35. The van der Waals surface area contributed by atoms with Crippen molar-refractivity contribution in [2.45, 2.75) is 64.8 Å². The van der Waals surface area contributed by atoms with E-state index in [-0.39, 0.29) is 41.9 Å². The fraction of sp³-hybridized carbons (Fsp3) is 0.621. The fourth-order valence-electron chi connectivity index (χ4n) is 6.20. The van der Waals surface area contributed by atoms with Gasteiger partial charge in [-0.25, -0.2) is 4.39 Å². The van der Waals surface area contributed by atoms with Crippen molar-refractivity contribution in [3.63, 3.8) is 0 Å². The van der Waals surface area contributed by atoms with Gasteiger partial charge in [0.15, 0.2) is 5.78 Å². The summed E-state index contributed by atoms with van der Waals surface area (Å²) in [4.78, 5) is 65.9. The lowest BCUT2D eigenvalue weighted by molar-refractivity contribution is -0.175. The summed E-state index contributed by atoms with van der Waals surface area (Å²) in [6.07, 6.45) is -4.79. The van der Waals surface area contributed by atoms with Gasteiger partial charge in [-0.2, -0.15) is 13.2 Å². The molecule has 2 saturated heterocycles. The van der Waals surface area contributed by atoms with E-state index in [1.807, 2.05) is 13.8 Å². The van der Waals surface area contributed by atoms with Gasteiger partial charge >= 0.3 is 12.1 Å². The van der Waals surface area contributed by atoms with Gasteiger partial charge in [-0.3, -0.25) is 24.0 Å². The highest BCUT2D eigenvalue weighted by atomic mass is 19.4. The summed E-state index contributed by atoms with van der Waals surface area (Å²) in [7, 11) is 0. The maximum Gasteiger partial charge on any atom is 0.471 e. The zero-order chi connectivity index (χ0) is 31.9. The Hall–Kier alpha value is -3.71. The molecule has 2 heterocycles. The molecule has 43 heavy (non-hydrogen) atoms. The second kappa shape index (κ2) is 12.1. The van der Waals surface area contributed by atoms with Crippen molar-refractivity contribution < 1.29 is 46.3 Å². The number of rotatable bonds is 11. The van der Waals surface area contributed by atoms with E-state index in [1.54, 1.807) is 5.32 Å². The van der Waals surface area contributed by atoms with Crippen LogP contribution in [0.2, 0.25) is 0 Å². The van der Waals surface area contributed by atoms with Crippen molar-refractivity contribution in [1.29, 1.82) is 0 Å². The Balaban J connectivity index is 1.54. The minimum Gasteiger partial charge on any atom is -0.486 e. The number of likely N-dealkylation sites (tertiary alicyclic amines) is 1. The van der Waals surface area contributed by atoms with Crippen molar-refractivity contribution >= 4 is 29.4 Å². The van der Waals surface area contributed by atoms with Crippen LogP contribution in [0.4, 0.5) is 17.6 Å². The van der Waals surface area contributed by atoms with Crippen LogP contribution >= 0.6 is 0 Å². The monoisotopic (exact) mass is 612 g/mol. The lowest BCUT2D eigenvalue weighted by atomic mass is 9.94. The van der Waals surface area contributed by atoms with E-state index in [0.29, 0.717) is 13.0 Å². The Bertz CT molecular complexity index is 1270. The first-order valence-corrected chi connectivity index (χ1v) is 14.2. The number of fused-ring (bicyclic) bond motifs is 1. The van der Waals surface area contributed by atoms with Crippen LogP contribution < -0.4 is 20.7 Å². The molecule has 3 fully saturated rings. The predicted octanol–water partition coefficient (Wildman–Crippen LogP) is 1.97. The fourth-order valence-corrected chi connectivity index (χ4v) is 6.20. The van der Waals surface area contributed by atoms with Gasteiger partial charge in [-0.1, -0.05) is 27.7 Å². The smallest absolute Gasteiger partial charge is 0.471 e. The van der Waals surface area contributed by atoms with Crippen molar-refractivity contribution in [2.24, 2.45) is 29.1 Å². The molecular weight excluding hydrogens is 576 g/mol. The molecule has 6 atom stereocenters. The number of alkyl halides is 3. The van der Waals surface area contributed by atoms with Crippen molar-refractivity contribution in [3.8, 4) is 5.75 Å². The van der Waals surface area contributed by atoms with Gasteiger partial charge in [0, 0.05) is 19.0 Å². The molecule has 0 unspecified atom stereocenters. The van der Waals surface area contributed by atoms with Crippen LogP contribution in [0.3, 0.4) is 0 Å². The van der Waals surface area contributed by atoms with E-state index in [1.165, 1.54) is 30.9 Å². The second-order valence-electron chi connectivity index (χ2n) is 12.4. The van der Waals surface area contributed by atoms with Crippen LogP contribution in [0, 0.1) is 34.9 Å². The molecule has 1 aliphatic carbocycles. The molecule has 4 amide bonds. The first kappa shape index (κ1) is 32.2. The highest BCUT2D eigenvalue weighted by molar-refractivity contribution is 5.97. The summed E-state index contributed by atoms with van der Waals surface area (Å²) < 4.78 is 57.7. The number of ether oxygens (including phenoxy) is 1. The number of hydrogen-bond acceptors (Lipinski definition) is 6. The molecule has 0 aromatic heterocycles. The van der Waals surface area contributed by atoms with Crippen LogP contribution in [0.15, 0.2) is 24.3 Å². The Morgan fingerprint density at radius 3 is 2.33 bits per heavy atom. The van der Waals surface area contributed by atoms with E-state index in [4.69, 9.17) is 4.74 Å². The van der Waals surface area contributed by atoms with E-state index < -0.39 is 72.1 Å². The normalized spacial score (nSPS) is 25.4. The number of Topliss-reactive ketones (excluding diaryl/α,β-unsaturated/α-hetero) is 1. The maximum absolute atomic E-state index is 13.8. The van der Waals surface area contributed by atoms with Gasteiger partial charge in [-0.05, 0) is 60.3 Å². The number of nitrogens with one attached hydrogen (secondary N) is 3. The van der Waals surface area contributed by atoms with Crippen molar-refractivity contribution in [1.82, 2.24) is 20.9 Å². The molecule has 4 rings (SSSR count). The van der Waals surface area contributed by atoms with E-state index >= 15 is 0 Å². The number of hydrogen-bond donors (Lipinski definition) is 3. The molecule has 236 valence electrons. The molecule has 1 saturated carbocycles. The number of carbonyl (C=O) groups is 5. The number of ketones is 1. The molecule has 14 heteroatoms. The van der Waals surface area contributed by atoms with E-state index in [0.717, 1.165) is 12.1 Å². The zero-order valence-electron chi connectivity index (χ0n) is 24.3. The zero-order valence-corrected chi connectivity index (χ0v) is 24.3. The molecule has 0 spiro atoms. The van der Waals surface area contributed by atoms with Gasteiger partial charge in [-0.15, -0.1) is 0 Å². The maximum atomic E-state index is 13.8. The Morgan fingerprint density at radius 1 is 1.12 bits per heavy atom. The Labute approximate surface area is 246 Å². The molecule has 1 aromatic rings. The van der Waals surface area contributed by atoms with Crippen molar-refractivity contribution in [2.75, 3.05) is 19.7 Å². The molecule has 0 radical (unpaired) electrons. The average molecular weight is 613 g/mol. The summed E-state index contributed by atoms with van der Waals surface area (Å²) in [5, 5.41) is 7.14. The molecule has 3 N–H and O–H groups in total. The van der Waals surface area contributed by atoms with Gasteiger partial charge in [0.05, 0.1) is 6.04 Å². The number of nitrogens with zero attached hydrogens (tertiary/aromatic N) is 1. The van der Waals surface area contributed by atoms with E-state index in [2.05, 4.69) is 10.6 Å². The molecular formula is C29H36F4N4O6. The first-order chi connectivity index (χ1) is 20.0. The number of amides is 4. The third kappa shape index (κ3) is 6.93. The molecule has 10 nitrogen and oxygen atoms in total. The van der Waals surface area contributed by atoms with Crippen LogP contribution in [-0.4, -0.2) is 78.3 Å². The summed E-state index contributed by atoms with van der Waals surface area (Å²) in [6, 6.07) is 1.16. The van der Waals surface area contributed by atoms with Gasteiger partial charge in [0.25, 0.3) is 0 Å². The third-order valence-corrected chi connectivity index (χ3v) is 8.82. The first-order valence-electron chi connectivity index (χ1n) is 14.2. The average Bonchev–Trinajstić information content (AvgIpc) is 3.27. The topological polar surface area (TPSA) is 134 Å². The number of benzene rings is 1. The molecule has 0 bridgehead atoms. The van der Waals surface area contributed by atoms with Crippen LogP contribution in [0.25, 0.3) is 0 Å². The minimum absolute atomic E-state index is 0.0302. The second-order valence-corrected chi connectivity index (χ2v) is 12.4. The van der Waals surface area contributed by atoms with Crippen LogP contribution in [0.1, 0.15) is 40.5 Å². The van der Waals surface area contributed by atoms with Gasteiger partial charge in [0.2, 0.25) is 17.7 Å². The van der Waals surface area contributed by atoms with E-state index in [9.17, 15) is 41.5 Å². The molecule has 1 aromatic carbocycles. The highest BCUT2D eigenvalue weighted by Gasteiger charge is 2.69.